The summed E-state index contributed by atoms with van der Waals surface area (Å²) in [7, 11) is 0. The standard InChI is InChI=1S/C16H10OS/c17-14-7-3-6-12-13-9-8-10-4-1-2-5-11(10)15(13)18-16(12)14/h1-9,17H. The van der Waals surface area contributed by atoms with Crippen molar-refractivity contribution in [1.29, 1.82) is 0 Å². The van der Waals surface area contributed by atoms with Gasteiger partial charge in [0.15, 0.2) is 0 Å². The van der Waals surface area contributed by atoms with Crippen LogP contribution in [0.1, 0.15) is 0 Å². The summed E-state index contributed by atoms with van der Waals surface area (Å²) in [6, 6.07) is 18.4. The van der Waals surface area contributed by atoms with E-state index in [9.17, 15) is 5.11 Å². The highest BCUT2D eigenvalue weighted by atomic mass is 32.1. The molecule has 0 aliphatic heterocycles. The lowest BCUT2D eigenvalue weighted by Gasteiger charge is -1.98. The molecule has 0 fully saturated rings. The lowest BCUT2D eigenvalue weighted by Crippen LogP contribution is -1.71. The largest absolute Gasteiger partial charge is 0.506 e. The van der Waals surface area contributed by atoms with Crippen LogP contribution in [0.4, 0.5) is 0 Å². The van der Waals surface area contributed by atoms with Gasteiger partial charge in [-0.25, -0.2) is 0 Å². The van der Waals surface area contributed by atoms with Crippen molar-refractivity contribution in [1.82, 2.24) is 0 Å². The number of hydrogen-bond donors (Lipinski definition) is 1. The zero-order chi connectivity index (χ0) is 12.1. The lowest BCUT2D eigenvalue weighted by molar-refractivity contribution is 0.482. The molecule has 0 atom stereocenters. The van der Waals surface area contributed by atoms with Gasteiger partial charge in [0.1, 0.15) is 5.75 Å². The van der Waals surface area contributed by atoms with Crippen LogP contribution < -0.4 is 0 Å². The summed E-state index contributed by atoms with van der Waals surface area (Å²) < 4.78 is 2.23. The molecule has 1 aromatic heterocycles. The highest BCUT2D eigenvalue weighted by molar-refractivity contribution is 7.27. The Morgan fingerprint density at radius 3 is 2.39 bits per heavy atom. The van der Waals surface area contributed by atoms with E-state index in [-0.39, 0.29) is 0 Å². The fraction of sp³-hybridized carbons (Fsp3) is 0. The molecule has 0 amide bonds. The van der Waals surface area contributed by atoms with E-state index < -0.39 is 0 Å². The Labute approximate surface area is 108 Å². The Hall–Kier alpha value is -2.06. The number of hydrogen-bond acceptors (Lipinski definition) is 2. The first-order valence-electron chi connectivity index (χ1n) is 5.86. The van der Waals surface area contributed by atoms with Crippen LogP contribution in [-0.2, 0) is 0 Å². The van der Waals surface area contributed by atoms with E-state index in [1.54, 1.807) is 17.4 Å². The lowest BCUT2D eigenvalue weighted by atomic mass is 10.1. The van der Waals surface area contributed by atoms with E-state index in [0.29, 0.717) is 5.75 Å². The van der Waals surface area contributed by atoms with Crippen molar-refractivity contribution in [3.63, 3.8) is 0 Å². The van der Waals surface area contributed by atoms with Crippen LogP contribution in [0.2, 0.25) is 0 Å². The molecular weight excluding hydrogens is 240 g/mol. The number of phenolic OH excluding ortho intramolecular Hbond substituents is 1. The number of fused-ring (bicyclic) bond motifs is 5. The van der Waals surface area contributed by atoms with Crippen molar-refractivity contribution in [2.24, 2.45) is 0 Å². The molecule has 0 radical (unpaired) electrons. The number of aromatic hydroxyl groups is 1. The van der Waals surface area contributed by atoms with E-state index in [4.69, 9.17) is 0 Å². The zero-order valence-electron chi connectivity index (χ0n) is 9.55. The van der Waals surface area contributed by atoms with Gasteiger partial charge < -0.3 is 5.11 Å². The van der Waals surface area contributed by atoms with E-state index in [0.717, 1.165) is 10.1 Å². The van der Waals surface area contributed by atoms with Crippen LogP contribution in [0.25, 0.3) is 30.9 Å². The first-order valence-corrected chi connectivity index (χ1v) is 6.68. The quantitative estimate of drug-likeness (QED) is 0.470. The monoisotopic (exact) mass is 250 g/mol. The summed E-state index contributed by atoms with van der Waals surface area (Å²) in [4.78, 5) is 0. The SMILES string of the molecule is Oc1cccc2c1sc1c3ccccc3ccc21. The number of benzene rings is 3. The molecule has 2 heteroatoms. The summed E-state index contributed by atoms with van der Waals surface area (Å²) in [5, 5.41) is 14.8. The van der Waals surface area contributed by atoms with E-state index >= 15 is 0 Å². The van der Waals surface area contributed by atoms with Crippen LogP contribution in [-0.4, -0.2) is 5.11 Å². The Morgan fingerprint density at radius 1 is 0.667 bits per heavy atom. The van der Waals surface area contributed by atoms with Crippen molar-refractivity contribution < 1.29 is 5.11 Å². The van der Waals surface area contributed by atoms with E-state index in [1.807, 2.05) is 6.07 Å². The molecule has 0 spiro atoms. The van der Waals surface area contributed by atoms with Gasteiger partial charge in [0.2, 0.25) is 0 Å². The molecule has 86 valence electrons. The molecule has 0 aliphatic carbocycles. The van der Waals surface area contributed by atoms with Crippen molar-refractivity contribution >= 4 is 42.3 Å². The predicted octanol–water partition coefficient (Wildman–Crippen LogP) is 4.91. The summed E-state index contributed by atoms with van der Waals surface area (Å²) in [6.07, 6.45) is 0. The summed E-state index contributed by atoms with van der Waals surface area (Å²) >= 11 is 1.67. The van der Waals surface area contributed by atoms with E-state index in [2.05, 4.69) is 42.5 Å². The molecule has 1 N–H and O–H groups in total. The van der Waals surface area contributed by atoms with Gasteiger partial charge in [0.25, 0.3) is 0 Å². The fourth-order valence-corrected chi connectivity index (χ4v) is 3.76. The van der Waals surface area contributed by atoms with Crippen LogP contribution in [0.3, 0.4) is 0 Å². The van der Waals surface area contributed by atoms with Crippen LogP contribution in [0, 0.1) is 0 Å². The minimum absolute atomic E-state index is 0.373. The molecule has 4 aromatic rings. The number of rotatable bonds is 0. The molecule has 0 bridgehead atoms. The first-order chi connectivity index (χ1) is 8.84. The average molecular weight is 250 g/mol. The van der Waals surface area contributed by atoms with Gasteiger partial charge in [0, 0.05) is 15.5 Å². The third-order valence-corrected chi connectivity index (χ3v) is 4.65. The predicted molar refractivity (Wildman–Crippen MR) is 78.5 cm³/mol. The second kappa shape index (κ2) is 3.47. The van der Waals surface area contributed by atoms with Crippen molar-refractivity contribution in [3.05, 3.63) is 54.6 Å². The summed E-state index contributed by atoms with van der Waals surface area (Å²) in [5.74, 6) is 0.373. The molecule has 18 heavy (non-hydrogen) atoms. The van der Waals surface area contributed by atoms with E-state index in [1.165, 1.54) is 20.9 Å². The van der Waals surface area contributed by atoms with Crippen molar-refractivity contribution in [2.75, 3.05) is 0 Å². The fourth-order valence-electron chi connectivity index (χ4n) is 2.51. The number of thiophene rings is 1. The summed E-state index contributed by atoms with van der Waals surface area (Å²) in [5.41, 5.74) is 0. The Kier molecular flexibility index (Phi) is 1.91. The van der Waals surface area contributed by atoms with Gasteiger partial charge in [-0.1, -0.05) is 48.5 Å². The topological polar surface area (TPSA) is 20.2 Å². The van der Waals surface area contributed by atoms with Gasteiger partial charge in [-0.2, -0.15) is 0 Å². The molecule has 0 saturated heterocycles. The Balaban J connectivity index is 2.33. The molecule has 0 unspecified atom stereocenters. The molecule has 0 saturated carbocycles. The number of phenols is 1. The molecule has 1 nitrogen and oxygen atoms in total. The molecule has 4 rings (SSSR count). The molecular formula is C16H10OS. The Bertz CT molecular complexity index is 889. The normalized spacial score (nSPS) is 11.6. The van der Waals surface area contributed by atoms with Gasteiger partial charge >= 0.3 is 0 Å². The second-order valence-electron chi connectivity index (χ2n) is 4.42. The average Bonchev–Trinajstić information content (AvgIpc) is 2.79. The molecule has 0 aliphatic rings. The second-order valence-corrected chi connectivity index (χ2v) is 5.44. The van der Waals surface area contributed by atoms with Crippen LogP contribution >= 0.6 is 11.3 Å². The smallest absolute Gasteiger partial charge is 0.133 e. The highest BCUT2D eigenvalue weighted by Crippen LogP contribution is 2.41. The molecule has 3 aromatic carbocycles. The van der Waals surface area contributed by atoms with Gasteiger partial charge in [-0.15, -0.1) is 11.3 Å². The highest BCUT2D eigenvalue weighted by Gasteiger charge is 2.10. The van der Waals surface area contributed by atoms with Gasteiger partial charge in [-0.05, 0) is 16.8 Å². The zero-order valence-corrected chi connectivity index (χ0v) is 10.4. The maximum atomic E-state index is 9.95. The Morgan fingerprint density at radius 2 is 1.44 bits per heavy atom. The maximum absolute atomic E-state index is 9.95. The van der Waals surface area contributed by atoms with Crippen LogP contribution in [0.15, 0.2) is 54.6 Å². The van der Waals surface area contributed by atoms with Crippen molar-refractivity contribution in [2.45, 2.75) is 0 Å². The molecule has 1 heterocycles. The van der Waals surface area contributed by atoms with Crippen LogP contribution in [0.5, 0.6) is 5.75 Å². The minimum atomic E-state index is 0.373. The third-order valence-electron chi connectivity index (χ3n) is 3.37. The third kappa shape index (κ3) is 1.21. The maximum Gasteiger partial charge on any atom is 0.133 e. The van der Waals surface area contributed by atoms with Gasteiger partial charge in [0.05, 0.1) is 4.70 Å². The van der Waals surface area contributed by atoms with Crippen molar-refractivity contribution in [3.8, 4) is 5.75 Å². The summed E-state index contributed by atoms with van der Waals surface area (Å²) in [6.45, 7) is 0. The van der Waals surface area contributed by atoms with Gasteiger partial charge in [-0.3, -0.25) is 0 Å². The first kappa shape index (κ1) is 9.92. The minimum Gasteiger partial charge on any atom is -0.506 e.